The van der Waals surface area contributed by atoms with E-state index in [0.29, 0.717) is 5.92 Å². The predicted molar refractivity (Wildman–Crippen MR) is 65.1 cm³/mol. The van der Waals surface area contributed by atoms with Gasteiger partial charge in [-0.2, -0.15) is 0 Å². The molecule has 3 heteroatoms. The smallest absolute Gasteiger partial charge is 0.144 e. The summed E-state index contributed by atoms with van der Waals surface area (Å²) in [6.45, 7) is 12.1. The van der Waals surface area contributed by atoms with Crippen molar-refractivity contribution < 1.29 is 4.55 Å². The van der Waals surface area contributed by atoms with E-state index in [9.17, 15) is 4.55 Å². The number of hydrogen-bond donors (Lipinski definition) is 0. The van der Waals surface area contributed by atoms with Gasteiger partial charge in [-0.05, 0) is 40.5 Å². The molecule has 0 spiro atoms. The Kier molecular flexibility index (Phi) is 5.75. The fourth-order valence-electron chi connectivity index (χ4n) is 1.22. The first-order valence-electron chi connectivity index (χ1n) is 5.30. The second-order valence-electron chi connectivity index (χ2n) is 4.61. The van der Waals surface area contributed by atoms with E-state index in [1.807, 2.05) is 27.7 Å². The zero-order valence-electron chi connectivity index (χ0n) is 10.3. The normalized spacial score (nSPS) is 16.1. The van der Waals surface area contributed by atoms with Crippen molar-refractivity contribution in [2.45, 2.75) is 59.1 Å². The summed E-state index contributed by atoms with van der Waals surface area (Å²) in [6.07, 6.45) is 2.15. The molecule has 84 valence electrons. The second-order valence-corrected chi connectivity index (χ2v) is 6.51. The fraction of sp³-hybridized carbons (Fsp3) is 0.909. The molecule has 0 aromatic carbocycles. The quantitative estimate of drug-likeness (QED) is 0.525. The summed E-state index contributed by atoms with van der Waals surface area (Å²) in [6, 6.07) is 0. The lowest BCUT2D eigenvalue weighted by molar-refractivity contribution is 0.560. The molecule has 0 saturated heterocycles. The minimum absolute atomic E-state index is 0.243. The molecule has 0 bridgehead atoms. The summed E-state index contributed by atoms with van der Waals surface area (Å²) in [5.41, 5.74) is 1.03. The summed E-state index contributed by atoms with van der Waals surface area (Å²) in [7, 11) is 0. The third kappa shape index (κ3) is 4.47. The summed E-state index contributed by atoms with van der Waals surface area (Å²) in [4.78, 5) is 0. The Morgan fingerprint density at radius 1 is 1.29 bits per heavy atom. The first-order chi connectivity index (χ1) is 6.32. The highest BCUT2D eigenvalue weighted by Gasteiger charge is 2.27. The average molecular weight is 217 g/mol. The number of rotatable bonds is 4. The molecule has 0 radical (unpaired) electrons. The van der Waals surface area contributed by atoms with Gasteiger partial charge in [0.15, 0.2) is 0 Å². The fourth-order valence-corrected chi connectivity index (χ4v) is 1.91. The van der Waals surface area contributed by atoms with Crippen molar-refractivity contribution in [2.75, 3.05) is 0 Å². The van der Waals surface area contributed by atoms with Crippen LogP contribution in [0.1, 0.15) is 54.4 Å². The lowest BCUT2D eigenvalue weighted by Crippen LogP contribution is -2.27. The van der Waals surface area contributed by atoms with E-state index in [4.69, 9.17) is 0 Å². The highest BCUT2D eigenvalue weighted by Crippen LogP contribution is 2.19. The zero-order chi connectivity index (χ0) is 11.4. The van der Waals surface area contributed by atoms with Crippen LogP contribution in [0.15, 0.2) is 4.40 Å². The topological polar surface area (TPSA) is 35.4 Å². The molecule has 0 aromatic rings. The first kappa shape index (κ1) is 14.0. The van der Waals surface area contributed by atoms with Crippen LogP contribution in [0.3, 0.4) is 0 Å². The maximum Gasteiger partial charge on any atom is 0.144 e. The predicted octanol–water partition coefficient (Wildman–Crippen LogP) is 3.35. The maximum atomic E-state index is 11.7. The standard InChI is InChI=1S/C11H23NOS/c1-7-10(8-2)9(3)12-14(13)11(4,5)6/h10H,7-8H2,1-6H3/b12-9-/t14-/m1/s1. The molecule has 14 heavy (non-hydrogen) atoms. The molecule has 0 aliphatic carbocycles. The molecule has 2 nitrogen and oxygen atoms in total. The van der Waals surface area contributed by atoms with Crippen molar-refractivity contribution >= 4 is 17.1 Å². The van der Waals surface area contributed by atoms with Crippen molar-refractivity contribution in [3.63, 3.8) is 0 Å². The summed E-state index contributed by atoms with van der Waals surface area (Å²) in [5, 5.41) is 0. The number of nitrogens with zero attached hydrogens (tertiary/aromatic N) is 1. The Balaban J connectivity index is 4.50. The van der Waals surface area contributed by atoms with Crippen LogP contribution in [-0.2, 0) is 11.4 Å². The van der Waals surface area contributed by atoms with Crippen LogP contribution in [0.2, 0.25) is 0 Å². The molecule has 0 unspecified atom stereocenters. The van der Waals surface area contributed by atoms with Gasteiger partial charge in [0.05, 0.1) is 5.71 Å². The van der Waals surface area contributed by atoms with Crippen LogP contribution >= 0.6 is 0 Å². The summed E-state index contributed by atoms with van der Waals surface area (Å²) in [5.74, 6) is 0.487. The average Bonchev–Trinajstić information content (AvgIpc) is 2.04. The third-order valence-electron chi connectivity index (χ3n) is 2.33. The minimum atomic E-state index is -1.10. The van der Waals surface area contributed by atoms with Gasteiger partial charge in [0, 0.05) is 5.92 Å². The largest absolute Gasteiger partial charge is 0.591 e. The van der Waals surface area contributed by atoms with Gasteiger partial charge in [-0.25, -0.2) is 0 Å². The molecular weight excluding hydrogens is 194 g/mol. The lowest BCUT2D eigenvalue weighted by Gasteiger charge is -2.20. The first-order valence-corrected chi connectivity index (χ1v) is 6.40. The second kappa shape index (κ2) is 5.76. The van der Waals surface area contributed by atoms with Crippen molar-refractivity contribution in [2.24, 2.45) is 10.3 Å². The van der Waals surface area contributed by atoms with Crippen molar-refractivity contribution in [3.8, 4) is 0 Å². The highest BCUT2D eigenvalue weighted by molar-refractivity contribution is 7.91. The van der Waals surface area contributed by atoms with Crippen LogP contribution in [-0.4, -0.2) is 15.0 Å². The van der Waals surface area contributed by atoms with E-state index in [0.717, 1.165) is 18.6 Å². The van der Waals surface area contributed by atoms with E-state index in [1.165, 1.54) is 0 Å². The van der Waals surface area contributed by atoms with Crippen LogP contribution in [0.4, 0.5) is 0 Å². The van der Waals surface area contributed by atoms with Gasteiger partial charge in [0.25, 0.3) is 0 Å². The van der Waals surface area contributed by atoms with E-state index in [-0.39, 0.29) is 4.75 Å². The van der Waals surface area contributed by atoms with Crippen LogP contribution in [0.5, 0.6) is 0 Å². The van der Waals surface area contributed by atoms with Crippen LogP contribution < -0.4 is 0 Å². The lowest BCUT2D eigenvalue weighted by atomic mass is 9.99. The van der Waals surface area contributed by atoms with Crippen molar-refractivity contribution in [1.82, 2.24) is 0 Å². The molecule has 0 saturated carbocycles. The molecule has 0 heterocycles. The summed E-state index contributed by atoms with van der Waals surface area (Å²) < 4.78 is 15.8. The van der Waals surface area contributed by atoms with Crippen molar-refractivity contribution in [3.05, 3.63) is 0 Å². The maximum absolute atomic E-state index is 11.7. The SMILES string of the molecule is CCC(CC)/C(C)=N\[S@+]([O-])C(C)(C)C. The Labute approximate surface area is 91.5 Å². The molecule has 1 atom stereocenters. The molecule has 0 aliphatic heterocycles. The number of hydrogen-bond acceptors (Lipinski definition) is 2. The van der Waals surface area contributed by atoms with Crippen molar-refractivity contribution in [1.29, 1.82) is 0 Å². The summed E-state index contributed by atoms with van der Waals surface area (Å²) >= 11 is -1.10. The van der Waals surface area contributed by atoms with E-state index in [2.05, 4.69) is 18.2 Å². The van der Waals surface area contributed by atoms with E-state index in [1.54, 1.807) is 0 Å². The van der Waals surface area contributed by atoms with Gasteiger partial charge in [-0.3, -0.25) is 0 Å². The molecule has 0 fully saturated rings. The monoisotopic (exact) mass is 217 g/mol. The third-order valence-corrected chi connectivity index (χ3v) is 3.83. The molecule has 0 N–H and O–H groups in total. The Morgan fingerprint density at radius 3 is 2.00 bits per heavy atom. The Morgan fingerprint density at radius 2 is 1.71 bits per heavy atom. The van der Waals surface area contributed by atoms with E-state index < -0.39 is 11.4 Å². The van der Waals surface area contributed by atoms with Gasteiger partial charge >= 0.3 is 0 Å². The van der Waals surface area contributed by atoms with Gasteiger partial charge in [-0.15, -0.1) is 0 Å². The van der Waals surface area contributed by atoms with Gasteiger partial charge < -0.3 is 4.55 Å². The molecule has 0 aliphatic rings. The van der Waals surface area contributed by atoms with Gasteiger partial charge in [-0.1, -0.05) is 18.2 Å². The van der Waals surface area contributed by atoms with Crippen LogP contribution in [0.25, 0.3) is 0 Å². The van der Waals surface area contributed by atoms with Crippen LogP contribution in [0, 0.1) is 5.92 Å². The zero-order valence-corrected chi connectivity index (χ0v) is 11.1. The minimum Gasteiger partial charge on any atom is -0.591 e. The van der Waals surface area contributed by atoms with E-state index >= 15 is 0 Å². The molecular formula is C11H23NOS. The Hall–Kier alpha value is -0.0200. The van der Waals surface area contributed by atoms with Gasteiger partial charge in [0.1, 0.15) is 16.1 Å². The molecule has 0 rings (SSSR count). The molecule has 0 amide bonds. The highest BCUT2D eigenvalue weighted by atomic mass is 32.2. The Bertz CT molecular complexity index is 192. The van der Waals surface area contributed by atoms with Gasteiger partial charge in [0.2, 0.25) is 0 Å². The molecule has 0 aromatic heterocycles.